The number of rotatable bonds is 2. The molecular formula is C14H21NS. The molecule has 0 radical (unpaired) electrons. The van der Waals surface area contributed by atoms with Crippen molar-refractivity contribution < 1.29 is 0 Å². The van der Waals surface area contributed by atoms with Gasteiger partial charge < -0.3 is 5.32 Å². The molecule has 88 valence electrons. The fraction of sp³-hybridized carbons (Fsp3) is 0.571. The molecule has 1 aromatic rings. The van der Waals surface area contributed by atoms with Gasteiger partial charge >= 0.3 is 0 Å². The summed E-state index contributed by atoms with van der Waals surface area (Å²) < 4.78 is 0. The van der Waals surface area contributed by atoms with Crippen LogP contribution in [0.1, 0.15) is 43.0 Å². The Balaban J connectivity index is 2.40. The minimum atomic E-state index is 0.551. The molecule has 1 aliphatic heterocycles. The third-order valence-electron chi connectivity index (χ3n) is 3.35. The Morgan fingerprint density at radius 1 is 1.31 bits per heavy atom. The molecule has 1 N–H and O–H groups in total. The van der Waals surface area contributed by atoms with E-state index in [2.05, 4.69) is 45.1 Å². The van der Waals surface area contributed by atoms with Crippen LogP contribution in [0.5, 0.6) is 0 Å². The molecule has 1 heterocycles. The molecule has 1 aliphatic rings. The Bertz CT molecular complexity index is 387. The maximum atomic E-state index is 3.60. The van der Waals surface area contributed by atoms with E-state index < -0.39 is 0 Å². The SMILES string of the molecule is CCNC1CC(C)Sc2cc(C)c(C)cc21. The summed E-state index contributed by atoms with van der Waals surface area (Å²) in [6, 6.07) is 5.28. The van der Waals surface area contributed by atoms with Crippen molar-refractivity contribution in [2.24, 2.45) is 0 Å². The number of hydrogen-bond donors (Lipinski definition) is 1. The lowest BCUT2D eigenvalue weighted by molar-refractivity contribution is 0.500. The van der Waals surface area contributed by atoms with Crippen LogP contribution in [0.3, 0.4) is 0 Å². The summed E-state index contributed by atoms with van der Waals surface area (Å²) in [6.45, 7) is 9.98. The van der Waals surface area contributed by atoms with Crippen LogP contribution in [-0.4, -0.2) is 11.8 Å². The second kappa shape index (κ2) is 4.80. The van der Waals surface area contributed by atoms with Crippen molar-refractivity contribution in [1.29, 1.82) is 0 Å². The maximum Gasteiger partial charge on any atom is 0.0341 e. The fourth-order valence-electron chi connectivity index (χ4n) is 2.35. The summed E-state index contributed by atoms with van der Waals surface area (Å²) in [5.74, 6) is 0. The zero-order valence-electron chi connectivity index (χ0n) is 10.6. The van der Waals surface area contributed by atoms with Crippen LogP contribution in [0.15, 0.2) is 17.0 Å². The summed E-state index contributed by atoms with van der Waals surface area (Å²) in [6.07, 6.45) is 1.24. The second-order valence-corrected chi connectivity index (χ2v) is 6.23. The molecule has 2 unspecified atom stereocenters. The lowest BCUT2D eigenvalue weighted by Crippen LogP contribution is -2.27. The molecule has 0 saturated heterocycles. The van der Waals surface area contributed by atoms with Gasteiger partial charge in [0.15, 0.2) is 0 Å². The van der Waals surface area contributed by atoms with Crippen LogP contribution in [0.2, 0.25) is 0 Å². The number of hydrogen-bond acceptors (Lipinski definition) is 2. The van der Waals surface area contributed by atoms with Gasteiger partial charge in [0.2, 0.25) is 0 Å². The van der Waals surface area contributed by atoms with Gasteiger partial charge in [0.25, 0.3) is 0 Å². The third kappa shape index (κ3) is 2.28. The first-order chi connectivity index (χ1) is 7.61. The number of benzene rings is 1. The molecule has 0 aromatic heterocycles. The molecule has 0 aliphatic carbocycles. The van der Waals surface area contributed by atoms with E-state index in [1.807, 2.05) is 11.8 Å². The van der Waals surface area contributed by atoms with Crippen LogP contribution < -0.4 is 5.32 Å². The van der Waals surface area contributed by atoms with E-state index in [1.165, 1.54) is 28.0 Å². The molecule has 2 rings (SSSR count). The molecule has 2 atom stereocenters. The van der Waals surface area contributed by atoms with E-state index in [-0.39, 0.29) is 0 Å². The predicted molar refractivity (Wildman–Crippen MR) is 72.3 cm³/mol. The molecule has 0 amide bonds. The van der Waals surface area contributed by atoms with Crippen molar-refractivity contribution in [3.05, 3.63) is 28.8 Å². The van der Waals surface area contributed by atoms with Gasteiger partial charge in [-0.1, -0.05) is 19.9 Å². The average molecular weight is 235 g/mol. The first-order valence-electron chi connectivity index (χ1n) is 6.13. The molecule has 2 heteroatoms. The first-order valence-corrected chi connectivity index (χ1v) is 7.01. The standard InChI is InChI=1S/C14H21NS/c1-5-15-13-8-11(4)16-14-7-10(3)9(2)6-12(13)14/h6-7,11,13,15H,5,8H2,1-4H3. The summed E-state index contributed by atoms with van der Waals surface area (Å²) in [7, 11) is 0. The largest absolute Gasteiger partial charge is 0.310 e. The van der Waals surface area contributed by atoms with Crippen LogP contribution >= 0.6 is 11.8 Å². The number of aryl methyl sites for hydroxylation is 2. The van der Waals surface area contributed by atoms with Gasteiger partial charge in [-0.3, -0.25) is 0 Å². The smallest absolute Gasteiger partial charge is 0.0341 e. The summed E-state index contributed by atoms with van der Waals surface area (Å²) in [5, 5.41) is 4.33. The molecule has 0 saturated carbocycles. The summed E-state index contributed by atoms with van der Waals surface area (Å²) in [5.41, 5.74) is 4.33. The summed E-state index contributed by atoms with van der Waals surface area (Å²) >= 11 is 2.02. The monoisotopic (exact) mass is 235 g/mol. The molecule has 0 spiro atoms. The van der Waals surface area contributed by atoms with Crippen molar-refractivity contribution in [1.82, 2.24) is 5.32 Å². The van der Waals surface area contributed by atoms with E-state index >= 15 is 0 Å². The Labute approximate surface area is 103 Å². The number of fused-ring (bicyclic) bond motifs is 1. The lowest BCUT2D eigenvalue weighted by atomic mass is 9.97. The molecule has 0 fully saturated rings. The molecule has 1 aromatic carbocycles. The first kappa shape index (κ1) is 12.0. The molecule has 1 nitrogen and oxygen atoms in total. The summed E-state index contributed by atoms with van der Waals surface area (Å²) in [4.78, 5) is 1.48. The quantitative estimate of drug-likeness (QED) is 0.836. The van der Waals surface area contributed by atoms with Gasteiger partial charge in [0, 0.05) is 16.2 Å². The molecular weight excluding hydrogens is 214 g/mol. The van der Waals surface area contributed by atoms with Gasteiger partial charge in [0.1, 0.15) is 0 Å². The highest BCUT2D eigenvalue weighted by Crippen LogP contribution is 2.41. The van der Waals surface area contributed by atoms with Crippen LogP contribution in [0.4, 0.5) is 0 Å². The van der Waals surface area contributed by atoms with Crippen molar-refractivity contribution >= 4 is 11.8 Å². The normalized spacial score (nSPS) is 24.2. The van der Waals surface area contributed by atoms with Gasteiger partial charge in [-0.2, -0.15) is 0 Å². The van der Waals surface area contributed by atoms with E-state index in [0.717, 1.165) is 11.8 Å². The van der Waals surface area contributed by atoms with Crippen molar-refractivity contribution in [3.63, 3.8) is 0 Å². The van der Waals surface area contributed by atoms with Crippen LogP contribution in [0, 0.1) is 13.8 Å². The Morgan fingerprint density at radius 3 is 2.69 bits per heavy atom. The van der Waals surface area contributed by atoms with E-state index in [9.17, 15) is 0 Å². The Kier molecular flexibility index (Phi) is 3.60. The van der Waals surface area contributed by atoms with Gasteiger partial charge in [-0.05, 0) is 49.6 Å². The van der Waals surface area contributed by atoms with E-state index in [0.29, 0.717) is 6.04 Å². The third-order valence-corrected chi connectivity index (χ3v) is 4.55. The predicted octanol–water partition coefficient (Wildman–Crippen LogP) is 3.84. The number of nitrogens with one attached hydrogen (secondary N) is 1. The Hall–Kier alpha value is -0.470. The van der Waals surface area contributed by atoms with Crippen molar-refractivity contribution in [2.45, 2.75) is 50.3 Å². The van der Waals surface area contributed by atoms with Crippen molar-refractivity contribution in [3.8, 4) is 0 Å². The topological polar surface area (TPSA) is 12.0 Å². The maximum absolute atomic E-state index is 3.60. The van der Waals surface area contributed by atoms with E-state index in [1.54, 1.807) is 0 Å². The average Bonchev–Trinajstić information content (AvgIpc) is 2.21. The Morgan fingerprint density at radius 2 is 2.00 bits per heavy atom. The van der Waals surface area contributed by atoms with Gasteiger partial charge in [0.05, 0.1) is 0 Å². The minimum Gasteiger partial charge on any atom is -0.310 e. The second-order valence-electron chi connectivity index (χ2n) is 4.75. The number of thioether (sulfide) groups is 1. The van der Waals surface area contributed by atoms with Crippen LogP contribution in [0.25, 0.3) is 0 Å². The fourth-order valence-corrected chi connectivity index (χ4v) is 3.65. The van der Waals surface area contributed by atoms with Crippen molar-refractivity contribution in [2.75, 3.05) is 6.54 Å². The molecule has 0 bridgehead atoms. The lowest BCUT2D eigenvalue weighted by Gasteiger charge is -2.30. The molecule has 16 heavy (non-hydrogen) atoms. The zero-order chi connectivity index (χ0) is 11.7. The van der Waals surface area contributed by atoms with E-state index in [4.69, 9.17) is 0 Å². The highest BCUT2D eigenvalue weighted by molar-refractivity contribution is 8.00. The van der Waals surface area contributed by atoms with Crippen LogP contribution in [-0.2, 0) is 0 Å². The minimum absolute atomic E-state index is 0.551. The van der Waals surface area contributed by atoms with Gasteiger partial charge in [-0.15, -0.1) is 11.8 Å². The van der Waals surface area contributed by atoms with Gasteiger partial charge in [-0.25, -0.2) is 0 Å². The zero-order valence-corrected chi connectivity index (χ0v) is 11.4. The highest BCUT2D eigenvalue weighted by atomic mass is 32.2. The highest BCUT2D eigenvalue weighted by Gasteiger charge is 2.24.